The zero-order chi connectivity index (χ0) is 19.0. The Morgan fingerprint density at radius 3 is 2.52 bits per heavy atom. The number of carbonyl (C=O) groups is 2. The smallest absolute Gasteiger partial charge is 0.273 e. The lowest BCUT2D eigenvalue weighted by atomic mass is 9.95. The van der Waals surface area contributed by atoms with Crippen molar-refractivity contribution in [2.45, 2.75) is 13.0 Å². The van der Waals surface area contributed by atoms with Gasteiger partial charge in [-0.3, -0.25) is 14.3 Å². The Kier molecular flexibility index (Phi) is 4.24. The molecule has 0 fully saturated rings. The molecule has 1 N–H and O–H groups in total. The van der Waals surface area contributed by atoms with E-state index in [9.17, 15) is 9.59 Å². The summed E-state index contributed by atoms with van der Waals surface area (Å²) in [7, 11) is 1.74. The van der Waals surface area contributed by atoms with Crippen LogP contribution in [0.15, 0.2) is 60.8 Å². The molecule has 0 saturated carbocycles. The van der Waals surface area contributed by atoms with Crippen LogP contribution in [0.2, 0.25) is 0 Å². The minimum atomic E-state index is -0.372. The monoisotopic (exact) mass is 360 g/mol. The zero-order valence-corrected chi connectivity index (χ0v) is 15.2. The summed E-state index contributed by atoms with van der Waals surface area (Å²) in [4.78, 5) is 27.7. The first-order chi connectivity index (χ1) is 13.1. The predicted octanol–water partition coefficient (Wildman–Crippen LogP) is 2.91. The molecule has 0 aliphatic carbocycles. The van der Waals surface area contributed by atoms with E-state index in [1.807, 2.05) is 61.5 Å². The third-order valence-electron chi connectivity index (χ3n) is 4.86. The molecule has 0 bridgehead atoms. The number of aromatic nitrogens is 2. The quantitative estimate of drug-likeness (QED) is 0.764. The van der Waals surface area contributed by atoms with Crippen molar-refractivity contribution in [1.82, 2.24) is 14.7 Å². The minimum Gasteiger partial charge on any atom is -0.324 e. The second-order valence-corrected chi connectivity index (χ2v) is 6.68. The summed E-state index contributed by atoms with van der Waals surface area (Å²) in [5.41, 5.74) is 3.85. The van der Waals surface area contributed by atoms with Gasteiger partial charge in [0.25, 0.3) is 5.91 Å². The van der Waals surface area contributed by atoms with Gasteiger partial charge in [0, 0.05) is 18.3 Å². The van der Waals surface area contributed by atoms with Gasteiger partial charge in [-0.25, -0.2) is 0 Å². The highest BCUT2D eigenvalue weighted by Crippen LogP contribution is 2.36. The number of fused-ring (bicyclic) bond motifs is 1. The third-order valence-corrected chi connectivity index (χ3v) is 4.86. The highest BCUT2D eigenvalue weighted by molar-refractivity contribution is 6.01. The molecule has 1 atom stereocenters. The largest absolute Gasteiger partial charge is 0.324 e. The van der Waals surface area contributed by atoms with Crippen molar-refractivity contribution >= 4 is 17.5 Å². The van der Waals surface area contributed by atoms with Gasteiger partial charge >= 0.3 is 0 Å². The number of nitrogens with zero attached hydrogens (tertiary/aromatic N) is 3. The van der Waals surface area contributed by atoms with Gasteiger partial charge < -0.3 is 10.2 Å². The fourth-order valence-corrected chi connectivity index (χ4v) is 3.63. The average molecular weight is 360 g/mol. The van der Waals surface area contributed by atoms with Crippen LogP contribution in [0.5, 0.6) is 0 Å². The second-order valence-electron chi connectivity index (χ2n) is 6.68. The zero-order valence-electron chi connectivity index (χ0n) is 15.2. The number of carbonyl (C=O) groups excluding carboxylic acids is 2. The highest BCUT2D eigenvalue weighted by atomic mass is 16.2. The molecule has 27 heavy (non-hydrogen) atoms. The summed E-state index contributed by atoms with van der Waals surface area (Å²) < 4.78 is 1.56. The molecule has 1 aromatic heterocycles. The van der Waals surface area contributed by atoms with E-state index in [1.54, 1.807) is 22.8 Å². The number of aryl methyl sites for hydroxylation is 2. The fourth-order valence-electron chi connectivity index (χ4n) is 3.63. The summed E-state index contributed by atoms with van der Waals surface area (Å²) in [6.07, 6.45) is 1.66. The lowest BCUT2D eigenvalue weighted by molar-refractivity contribution is -0.117. The Hall–Kier alpha value is -3.41. The molecule has 1 aliphatic heterocycles. The van der Waals surface area contributed by atoms with Gasteiger partial charge in [-0.2, -0.15) is 5.10 Å². The molecule has 6 nitrogen and oxygen atoms in total. The van der Waals surface area contributed by atoms with E-state index >= 15 is 0 Å². The van der Waals surface area contributed by atoms with Crippen LogP contribution in [0, 0.1) is 6.92 Å². The molecule has 3 aromatic rings. The van der Waals surface area contributed by atoms with Crippen LogP contribution >= 0.6 is 0 Å². The van der Waals surface area contributed by atoms with Crippen molar-refractivity contribution < 1.29 is 9.59 Å². The number of benzene rings is 2. The van der Waals surface area contributed by atoms with E-state index in [4.69, 9.17) is 0 Å². The normalized spacial score (nSPS) is 16.4. The van der Waals surface area contributed by atoms with Gasteiger partial charge in [-0.05, 0) is 24.1 Å². The average Bonchev–Trinajstić information content (AvgIpc) is 2.92. The van der Waals surface area contributed by atoms with Crippen molar-refractivity contribution in [3.63, 3.8) is 0 Å². The van der Waals surface area contributed by atoms with Crippen LogP contribution in [0.25, 0.3) is 0 Å². The van der Waals surface area contributed by atoms with E-state index < -0.39 is 0 Å². The van der Waals surface area contributed by atoms with Crippen molar-refractivity contribution in [3.8, 4) is 0 Å². The Labute approximate surface area is 157 Å². The van der Waals surface area contributed by atoms with E-state index in [-0.39, 0.29) is 24.4 Å². The Morgan fingerprint density at radius 1 is 1.11 bits per heavy atom. The number of anilines is 1. The third kappa shape index (κ3) is 2.99. The Morgan fingerprint density at radius 2 is 1.81 bits per heavy atom. The molecular formula is C21H20N4O2. The Balaban J connectivity index is 1.90. The van der Waals surface area contributed by atoms with Crippen LogP contribution in [-0.2, 0) is 11.8 Å². The summed E-state index contributed by atoms with van der Waals surface area (Å²) in [5, 5.41) is 7.11. The molecule has 0 radical (unpaired) electrons. The molecule has 4 rings (SSSR count). The van der Waals surface area contributed by atoms with E-state index in [0.29, 0.717) is 5.69 Å². The van der Waals surface area contributed by atoms with Gasteiger partial charge in [0.2, 0.25) is 5.91 Å². The van der Waals surface area contributed by atoms with Crippen molar-refractivity contribution in [3.05, 3.63) is 83.2 Å². The van der Waals surface area contributed by atoms with E-state index in [1.165, 1.54) is 0 Å². The van der Waals surface area contributed by atoms with E-state index in [2.05, 4.69) is 10.4 Å². The number of para-hydroxylation sites is 1. The number of hydrogen-bond acceptors (Lipinski definition) is 3. The molecular weight excluding hydrogens is 340 g/mol. The second kappa shape index (κ2) is 6.72. The van der Waals surface area contributed by atoms with Crippen molar-refractivity contribution in [2.24, 2.45) is 7.05 Å². The summed E-state index contributed by atoms with van der Waals surface area (Å²) in [6, 6.07) is 17.0. The molecule has 136 valence electrons. The number of hydrogen-bond donors (Lipinski definition) is 1. The number of rotatable bonds is 2. The summed E-state index contributed by atoms with van der Waals surface area (Å²) >= 11 is 0. The SMILES string of the molecule is Cc1cnn(C)c1C(=O)N1CC(=O)Nc2ccccc2C1c1ccccc1. The van der Waals surface area contributed by atoms with Gasteiger partial charge in [-0.1, -0.05) is 48.5 Å². The van der Waals surface area contributed by atoms with E-state index in [0.717, 1.165) is 22.4 Å². The maximum Gasteiger partial charge on any atom is 0.273 e. The first-order valence-corrected chi connectivity index (χ1v) is 8.79. The van der Waals surface area contributed by atoms with Crippen LogP contribution in [0.1, 0.15) is 33.2 Å². The van der Waals surface area contributed by atoms with Crippen molar-refractivity contribution in [1.29, 1.82) is 0 Å². The first-order valence-electron chi connectivity index (χ1n) is 8.79. The molecule has 2 aromatic carbocycles. The standard InChI is InChI=1S/C21H20N4O2/c1-14-12-22-24(2)19(14)21(27)25-13-18(26)23-17-11-7-6-10-16(17)20(25)15-8-4-3-5-9-15/h3-12,20H,13H2,1-2H3,(H,23,26). The molecule has 0 saturated heterocycles. The summed E-state index contributed by atoms with van der Waals surface area (Å²) in [6.45, 7) is 1.82. The van der Waals surface area contributed by atoms with Crippen LogP contribution in [0.3, 0.4) is 0 Å². The molecule has 2 heterocycles. The topological polar surface area (TPSA) is 67.2 Å². The van der Waals surface area contributed by atoms with Crippen molar-refractivity contribution in [2.75, 3.05) is 11.9 Å². The molecule has 1 aliphatic rings. The summed E-state index contributed by atoms with van der Waals surface area (Å²) in [5.74, 6) is -0.428. The minimum absolute atomic E-state index is 0.0301. The predicted molar refractivity (Wildman–Crippen MR) is 102 cm³/mol. The fraction of sp³-hybridized carbons (Fsp3) is 0.190. The van der Waals surface area contributed by atoms with Gasteiger partial charge in [0.1, 0.15) is 12.2 Å². The Bertz CT molecular complexity index is 991. The van der Waals surface area contributed by atoms with Gasteiger partial charge in [0.15, 0.2) is 0 Å². The maximum atomic E-state index is 13.5. The molecule has 0 spiro atoms. The lowest BCUT2D eigenvalue weighted by Crippen LogP contribution is -2.40. The molecule has 2 amide bonds. The highest BCUT2D eigenvalue weighted by Gasteiger charge is 2.35. The van der Waals surface area contributed by atoms with Crippen LogP contribution < -0.4 is 5.32 Å². The number of amides is 2. The lowest BCUT2D eigenvalue weighted by Gasteiger charge is -2.30. The van der Waals surface area contributed by atoms with Gasteiger partial charge in [-0.15, -0.1) is 0 Å². The van der Waals surface area contributed by atoms with Crippen LogP contribution in [-0.4, -0.2) is 33.0 Å². The first kappa shape index (κ1) is 17.0. The molecule has 6 heteroatoms. The number of nitrogens with one attached hydrogen (secondary N) is 1. The maximum absolute atomic E-state index is 13.5. The van der Waals surface area contributed by atoms with Gasteiger partial charge in [0.05, 0.1) is 12.2 Å². The molecule has 1 unspecified atom stereocenters. The van der Waals surface area contributed by atoms with Crippen LogP contribution in [0.4, 0.5) is 5.69 Å².